The summed E-state index contributed by atoms with van der Waals surface area (Å²) in [6, 6.07) is 0. The first-order chi connectivity index (χ1) is 6.24. The molecule has 0 N–H and O–H groups in total. The maximum atomic E-state index is 11.1. The molecule has 1 rings (SSSR count). The Morgan fingerprint density at radius 2 is 2.31 bits per heavy atom. The normalized spacial score (nSPS) is 17.4. The average Bonchev–Trinajstić information content (AvgIpc) is 2.09. The molecule has 0 amide bonds. The van der Waals surface area contributed by atoms with Gasteiger partial charge in [0.05, 0.1) is 15.1 Å². The minimum Gasteiger partial charge on any atom is -0.458 e. The van der Waals surface area contributed by atoms with E-state index in [-0.39, 0.29) is 5.30 Å². The van der Waals surface area contributed by atoms with Gasteiger partial charge in [0.1, 0.15) is 0 Å². The second-order valence-electron chi connectivity index (χ2n) is 2.07. The van der Waals surface area contributed by atoms with Crippen molar-refractivity contribution in [1.29, 1.82) is 0 Å². The first kappa shape index (κ1) is 11.7. The standard InChI is InChI=1S/C7H10O2S4/c1-2-9-7(8)13-6-5(10)11-3-4-12-6/h10H,2-4H2,1H3. The molecular formula is C7H10O2S4. The van der Waals surface area contributed by atoms with Gasteiger partial charge in [-0.1, -0.05) is 0 Å². The van der Waals surface area contributed by atoms with Gasteiger partial charge in [-0.05, 0) is 6.92 Å². The Morgan fingerprint density at radius 3 is 2.92 bits per heavy atom. The zero-order valence-electron chi connectivity index (χ0n) is 7.11. The second kappa shape index (κ2) is 6.16. The predicted octanol–water partition coefficient (Wildman–Crippen LogP) is 3.41. The number of hydrogen-bond donors (Lipinski definition) is 1. The number of hydrogen-bond acceptors (Lipinski definition) is 6. The molecule has 74 valence electrons. The van der Waals surface area contributed by atoms with Crippen molar-refractivity contribution in [2.75, 3.05) is 18.1 Å². The zero-order valence-corrected chi connectivity index (χ0v) is 10.5. The van der Waals surface area contributed by atoms with Crippen molar-refractivity contribution in [1.82, 2.24) is 0 Å². The van der Waals surface area contributed by atoms with Crippen molar-refractivity contribution < 1.29 is 9.53 Å². The molecule has 1 aliphatic heterocycles. The first-order valence-corrected chi connectivity index (χ1v) is 7.01. The van der Waals surface area contributed by atoms with Gasteiger partial charge < -0.3 is 4.74 Å². The molecule has 0 aromatic heterocycles. The summed E-state index contributed by atoms with van der Waals surface area (Å²) in [5.74, 6) is 2.10. The molecule has 1 heterocycles. The van der Waals surface area contributed by atoms with Crippen LogP contribution in [0, 0.1) is 0 Å². The van der Waals surface area contributed by atoms with Crippen LogP contribution in [0.5, 0.6) is 0 Å². The van der Waals surface area contributed by atoms with Gasteiger partial charge >= 0.3 is 5.30 Å². The van der Waals surface area contributed by atoms with Gasteiger partial charge in [0.15, 0.2) is 0 Å². The number of thioether (sulfide) groups is 3. The minimum absolute atomic E-state index is 0.237. The SMILES string of the molecule is CCOC(=O)SC1=C(S)SCCS1. The Kier molecular flexibility index (Phi) is 5.54. The summed E-state index contributed by atoms with van der Waals surface area (Å²) in [4.78, 5) is 11.1. The Morgan fingerprint density at radius 1 is 1.62 bits per heavy atom. The van der Waals surface area contributed by atoms with Gasteiger partial charge in [-0.3, -0.25) is 0 Å². The van der Waals surface area contributed by atoms with Crippen LogP contribution in [0.2, 0.25) is 0 Å². The van der Waals surface area contributed by atoms with E-state index in [4.69, 9.17) is 4.74 Å². The molecule has 0 aliphatic carbocycles. The van der Waals surface area contributed by atoms with E-state index in [1.54, 1.807) is 30.4 Å². The van der Waals surface area contributed by atoms with E-state index in [0.29, 0.717) is 6.61 Å². The van der Waals surface area contributed by atoms with Crippen LogP contribution in [0.3, 0.4) is 0 Å². The van der Waals surface area contributed by atoms with E-state index in [1.165, 1.54) is 0 Å². The van der Waals surface area contributed by atoms with Crippen LogP contribution in [-0.4, -0.2) is 23.4 Å². The summed E-state index contributed by atoms with van der Waals surface area (Å²) in [6.45, 7) is 2.23. The summed E-state index contributed by atoms with van der Waals surface area (Å²) in [5.41, 5.74) is 0. The van der Waals surface area contributed by atoms with Crippen LogP contribution >= 0.6 is 47.9 Å². The third-order valence-corrected chi connectivity index (χ3v) is 5.64. The molecule has 0 bridgehead atoms. The maximum absolute atomic E-state index is 11.1. The molecule has 0 atom stereocenters. The molecule has 0 unspecified atom stereocenters. The number of thiol groups is 1. The average molecular weight is 254 g/mol. The highest BCUT2D eigenvalue weighted by Gasteiger charge is 2.16. The van der Waals surface area contributed by atoms with Gasteiger partial charge in [0, 0.05) is 23.3 Å². The van der Waals surface area contributed by atoms with E-state index in [1.807, 2.05) is 0 Å². The summed E-state index contributed by atoms with van der Waals surface area (Å²) in [5, 5.41) is -0.237. The Balaban J connectivity index is 2.46. The van der Waals surface area contributed by atoms with Crippen LogP contribution in [-0.2, 0) is 4.74 Å². The Labute approximate surface area is 96.0 Å². The van der Waals surface area contributed by atoms with Gasteiger partial charge in [0.25, 0.3) is 0 Å². The molecule has 0 saturated heterocycles. The molecule has 0 aromatic carbocycles. The molecule has 2 nitrogen and oxygen atoms in total. The van der Waals surface area contributed by atoms with E-state index in [9.17, 15) is 4.79 Å². The monoisotopic (exact) mass is 254 g/mol. The molecule has 6 heteroatoms. The largest absolute Gasteiger partial charge is 0.458 e. The van der Waals surface area contributed by atoms with Crippen LogP contribution in [0.15, 0.2) is 8.47 Å². The van der Waals surface area contributed by atoms with Crippen molar-refractivity contribution in [3.05, 3.63) is 8.47 Å². The zero-order chi connectivity index (χ0) is 9.68. The predicted molar refractivity (Wildman–Crippen MR) is 65.5 cm³/mol. The highest BCUT2D eigenvalue weighted by molar-refractivity contribution is 8.32. The number of rotatable bonds is 2. The summed E-state index contributed by atoms with van der Waals surface area (Å²) >= 11 is 8.78. The van der Waals surface area contributed by atoms with Crippen molar-refractivity contribution >= 4 is 53.2 Å². The van der Waals surface area contributed by atoms with Gasteiger partial charge in [-0.2, -0.15) is 0 Å². The third-order valence-electron chi connectivity index (χ3n) is 1.17. The smallest absolute Gasteiger partial charge is 0.372 e. The maximum Gasteiger partial charge on any atom is 0.372 e. The minimum atomic E-state index is -0.237. The van der Waals surface area contributed by atoms with Crippen LogP contribution < -0.4 is 0 Å². The lowest BCUT2D eigenvalue weighted by molar-refractivity contribution is 0.181. The van der Waals surface area contributed by atoms with Gasteiger partial charge in [-0.25, -0.2) is 4.79 Å². The van der Waals surface area contributed by atoms with Crippen LogP contribution in [0.25, 0.3) is 0 Å². The van der Waals surface area contributed by atoms with Gasteiger partial charge in [0.2, 0.25) is 0 Å². The second-order valence-corrected chi connectivity index (χ2v) is 6.24. The Bertz CT molecular complexity index is 227. The molecule has 0 saturated carbocycles. The van der Waals surface area contributed by atoms with Crippen molar-refractivity contribution in [3.63, 3.8) is 0 Å². The molecule has 0 radical (unpaired) electrons. The van der Waals surface area contributed by atoms with E-state index < -0.39 is 0 Å². The topological polar surface area (TPSA) is 26.3 Å². The molecule has 13 heavy (non-hydrogen) atoms. The van der Waals surface area contributed by atoms with E-state index >= 15 is 0 Å². The van der Waals surface area contributed by atoms with Crippen molar-refractivity contribution in [2.45, 2.75) is 6.92 Å². The molecule has 0 aromatic rings. The van der Waals surface area contributed by atoms with Crippen LogP contribution in [0.1, 0.15) is 6.92 Å². The lowest BCUT2D eigenvalue weighted by Gasteiger charge is -2.13. The molecule has 0 spiro atoms. The summed E-state index contributed by atoms with van der Waals surface area (Å²) in [6.07, 6.45) is 0. The van der Waals surface area contributed by atoms with E-state index in [0.717, 1.165) is 31.7 Å². The third kappa shape index (κ3) is 4.10. The van der Waals surface area contributed by atoms with Gasteiger partial charge in [-0.15, -0.1) is 36.2 Å². The number of ether oxygens (including phenoxy) is 1. The number of carbonyl (C=O) groups is 1. The molecular weight excluding hydrogens is 244 g/mol. The lowest BCUT2D eigenvalue weighted by atomic mass is 10.9. The quantitative estimate of drug-likeness (QED) is 0.602. The van der Waals surface area contributed by atoms with E-state index in [2.05, 4.69) is 12.6 Å². The highest BCUT2D eigenvalue weighted by Crippen LogP contribution is 2.42. The highest BCUT2D eigenvalue weighted by atomic mass is 32.2. The Hall–Kier alpha value is 0.610. The fourth-order valence-electron chi connectivity index (χ4n) is 0.689. The first-order valence-electron chi connectivity index (χ1n) is 3.77. The molecule has 1 aliphatic rings. The summed E-state index contributed by atoms with van der Waals surface area (Å²) in [7, 11) is 0. The van der Waals surface area contributed by atoms with Crippen molar-refractivity contribution in [2.24, 2.45) is 0 Å². The van der Waals surface area contributed by atoms with Crippen LogP contribution in [0.4, 0.5) is 4.79 Å². The van der Waals surface area contributed by atoms with Crippen molar-refractivity contribution in [3.8, 4) is 0 Å². The lowest BCUT2D eigenvalue weighted by Crippen LogP contribution is -1.99. The fraction of sp³-hybridized carbons (Fsp3) is 0.571. The number of carbonyl (C=O) groups excluding carboxylic acids is 1. The molecule has 0 fully saturated rings. The summed E-state index contributed by atoms with van der Waals surface area (Å²) < 4.78 is 6.74. The fourth-order valence-corrected chi connectivity index (χ4v) is 4.34.